The fraction of sp³-hybridized carbons (Fsp3) is 0.812. The van der Waals surface area contributed by atoms with E-state index >= 15 is 0 Å². The van der Waals surface area contributed by atoms with Crippen molar-refractivity contribution in [3.05, 3.63) is 12.2 Å². The number of allylic oxidation sites excluding steroid dienone is 1. The number of aliphatic hydroxyl groups is 3. The van der Waals surface area contributed by atoms with Gasteiger partial charge in [0.25, 0.3) is 0 Å². The molecule has 1 saturated carbocycles. The van der Waals surface area contributed by atoms with Crippen LogP contribution in [0.2, 0.25) is 0 Å². The normalized spacial score (nSPS) is 44.1. The number of fused-ring (bicyclic) bond motifs is 1. The number of hydrogen-bond donors (Lipinski definition) is 3. The van der Waals surface area contributed by atoms with Gasteiger partial charge in [0.2, 0.25) is 0 Å². The van der Waals surface area contributed by atoms with Crippen LogP contribution in [-0.4, -0.2) is 39.9 Å². The van der Waals surface area contributed by atoms with Crippen molar-refractivity contribution in [3.8, 4) is 0 Å². The number of ketones is 1. The molecule has 0 radical (unpaired) electrons. The molecule has 0 aromatic rings. The molecule has 5 unspecified atom stereocenters. The zero-order valence-electron chi connectivity index (χ0n) is 12.4. The minimum absolute atomic E-state index is 0.0631. The molecular weight excluding hydrogens is 256 g/mol. The number of Topliss-reactive ketones (excluding diaryl/α,β-unsaturated/α-hetero) is 1. The van der Waals surface area contributed by atoms with Crippen molar-refractivity contribution in [2.75, 3.05) is 13.2 Å². The first-order chi connectivity index (χ1) is 9.36. The van der Waals surface area contributed by atoms with E-state index in [0.29, 0.717) is 5.92 Å². The molecule has 4 nitrogen and oxygen atoms in total. The lowest BCUT2D eigenvalue weighted by Gasteiger charge is -2.53. The largest absolute Gasteiger partial charge is 0.396 e. The molecule has 0 saturated heterocycles. The second-order valence-electron chi connectivity index (χ2n) is 6.74. The van der Waals surface area contributed by atoms with Gasteiger partial charge in [-0.3, -0.25) is 4.79 Å². The molecular formula is C16H26O4. The van der Waals surface area contributed by atoms with Crippen molar-refractivity contribution >= 4 is 5.78 Å². The fourth-order valence-corrected chi connectivity index (χ4v) is 4.10. The second kappa shape index (κ2) is 5.58. The fourth-order valence-electron chi connectivity index (χ4n) is 4.10. The van der Waals surface area contributed by atoms with E-state index in [9.17, 15) is 15.0 Å². The highest BCUT2D eigenvalue weighted by atomic mass is 16.3. The van der Waals surface area contributed by atoms with E-state index in [-0.39, 0.29) is 37.3 Å². The van der Waals surface area contributed by atoms with Crippen LogP contribution in [0.5, 0.6) is 0 Å². The van der Waals surface area contributed by atoms with Gasteiger partial charge < -0.3 is 15.3 Å². The van der Waals surface area contributed by atoms with Crippen molar-refractivity contribution in [1.29, 1.82) is 0 Å². The Morgan fingerprint density at radius 1 is 1.30 bits per heavy atom. The number of carbonyl (C=O) groups excluding carboxylic acids is 1. The molecule has 3 N–H and O–H groups in total. The Hall–Kier alpha value is -0.710. The average molecular weight is 282 g/mol. The van der Waals surface area contributed by atoms with Crippen molar-refractivity contribution in [1.82, 2.24) is 0 Å². The van der Waals surface area contributed by atoms with Crippen molar-refractivity contribution in [3.63, 3.8) is 0 Å². The van der Waals surface area contributed by atoms with Crippen molar-refractivity contribution < 1.29 is 20.1 Å². The first kappa shape index (κ1) is 15.7. The number of rotatable bonds is 4. The number of aliphatic hydroxyl groups excluding tert-OH is 2. The summed E-state index contributed by atoms with van der Waals surface area (Å²) in [5.74, 6) is 0.547. The second-order valence-corrected chi connectivity index (χ2v) is 6.74. The van der Waals surface area contributed by atoms with Crippen LogP contribution in [0.15, 0.2) is 12.2 Å². The molecule has 0 bridgehead atoms. The first-order valence-electron chi connectivity index (χ1n) is 7.53. The van der Waals surface area contributed by atoms with Crippen LogP contribution in [0.3, 0.4) is 0 Å². The van der Waals surface area contributed by atoms with E-state index in [2.05, 4.69) is 0 Å². The van der Waals surface area contributed by atoms with Gasteiger partial charge in [0.15, 0.2) is 0 Å². The van der Waals surface area contributed by atoms with Gasteiger partial charge in [0.1, 0.15) is 5.78 Å². The predicted molar refractivity (Wildman–Crippen MR) is 76.0 cm³/mol. The highest BCUT2D eigenvalue weighted by molar-refractivity contribution is 5.87. The highest BCUT2D eigenvalue weighted by Gasteiger charge is 2.56. The van der Waals surface area contributed by atoms with Crippen LogP contribution < -0.4 is 0 Å². The van der Waals surface area contributed by atoms with Crippen LogP contribution in [0, 0.1) is 23.2 Å². The topological polar surface area (TPSA) is 77.8 Å². The molecule has 2 rings (SSSR count). The molecule has 1 fully saturated rings. The Kier molecular flexibility index (Phi) is 4.38. The minimum atomic E-state index is -1.17. The summed E-state index contributed by atoms with van der Waals surface area (Å²) in [5, 5.41) is 29.1. The zero-order valence-corrected chi connectivity index (χ0v) is 12.4. The molecule has 0 aliphatic heterocycles. The Bertz CT molecular complexity index is 401. The molecule has 4 heteroatoms. The standard InChI is InChI=1S/C16H26O4/c1-15(20)7-5-12-9-11(10-18)3-4-13(12)16(15,2)14(19)6-8-17/h5,7,11-13,17-18,20H,3-4,6,8-10H2,1-2H3. The Morgan fingerprint density at radius 2 is 2.00 bits per heavy atom. The average Bonchev–Trinajstić information content (AvgIpc) is 2.43. The van der Waals surface area contributed by atoms with Crippen LogP contribution in [0.1, 0.15) is 39.5 Å². The summed E-state index contributed by atoms with van der Waals surface area (Å²) >= 11 is 0. The van der Waals surface area contributed by atoms with E-state index in [1.807, 2.05) is 13.0 Å². The van der Waals surface area contributed by atoms with Gasteiger partial charge in [-0.1, -0.05) is 12.2 Å². The van der Waals surface area contributed by atoms with Gasteiger partial charge in [0.05, 0.1) is 11.0 Å². The number of carbonyl (C=O) groups is 1. The molecule has 2 aliphatic carbocycles. The van der Waals surface area contributed by atoms with Gasteiger partial charge in [0, 0.05) is 19.6 Å². The van der Waals surface area contributed by atoms with Gasteiger partial charge >= 0.3 is 0 Å². The summed E-state index contributed by atoms with van der Waals surface area (Å²) in [6, 6.07) is 0. The number of hydrogen-bond acceptors (Lipinski definition) is 4. The van der Waals surface area contributed by atoms with Crippen molar-refractivity contribution in [2.45, 2.75) is 45.1 Å². The van der Waals surface area contributed by atoms with Crippen LogP contribution in [0.25, 0.3) is 0 Å². The SMILES string of the molecule is CC1(O)C=CC2CC(CO)CCC2C1(C)C(=O)CCO. The molecule has 0 spiro atoms. The van der Waals surface area contributed by atoms with Gasteiger partial charge in [-0.15, -0.1) is 0 Å². The minimum Gasteiger partial charge on any atom is -0.396 e. The predicted octanol–water partition coefficient (Wildman–Crippen LogP) is 1.29. The third kappa shape index (κ3) is 2.34. The maximum Gasteiger partial charge on any atom is 0.144 e. The monoisotopic (exact) mass is 282 g/mol. The van der Waals surface area contributed by atoms with Gasteiger partial charge in [-0.2, -0.15) is 0 Å². The highest BCUT2D eigenvalue weighted by Crippen LogP contribution is 2.54. The smallest absolute Gasteiger partial charge is 0.144 e. The molecule has 0 aromatic carbocycles. The van der Waals surface area contributed by atoms with Crippen LogP contribution in [0.4, 0.5) is 0 Å². The lowest BCUT2D eigenvalue weighted by atomic mass is 9.52. The summed E-state index contributed by atoms with van der Waals surface area (Å²) < 4.78 is 0. The summed E-state index contributed by atoms with van der Waals surface area (Å²) in [5.41, 5.74) is -2.03. The Morgan fingerprint density at radius 3 is 2.60 bits per heavy atom. The summed E-state index contributed by atoms with van der Waals surface area (Å²) in [7, 11) is 0. The van der Waals surface area contributed by atoms with E-state index < -0.39 is 11.0 Å². The lowest BCUT2D eigenvalue weighted by molar-refractivity contribution is -0.154. The van der Waals surface area contributed by atoms with E-state index in [4.69, 9.17) is 5.11 Å². The zero-order chi connectivity index (χ0) is 15.0. The van der Waals surface area contributed by atoms with E-state index in [0.717, 1.165) is 19.3 Å². The Balaban J connectivity index is 2.34. The Labute approximate surface area is 120 Å². The third-order valence-electron chi connectivity index (χ3n) is 5.65. The van der Waals surface area contributed by atoms with Gasteiger partial charge in [-0.25, -0.2) is 0 Å². The summed E-state index contributed by atoms with van der Waals surface area (Å²) in [6.07, 6.45) is 6.44. The van der Waals surface area contributed by atoms with E-state index in [1.54, 1.807) is 13.0 Å². The maximum absolute atomic E-state index is 12.5. The first-order valence-corrected chi connectivity index (χ1v) is 7.53. The quantitative estimate of drug-likeness (QED) is 0.679. The van der Waals surface area contributed by atoms with Crippen LogP contribution in [-0.2, 0) is 4.79 Å². The maximum atomic E-state index is 12.5. The molecule has 5 atom stereocenters. The molecule has 20 heavy (non-hydrogen) atoms. The van der Waals surface area contributed by atoms with Crippen LogP contribution >= 0.6 is 0 Å². The van der Waals surface area contributed by atoms with E-state index in [1.165, 1.54) is 0 Å². The molecule has 0 heterocycles. The third-order valence-corrected chi connectivity index (χ3v) is 5.65. The van der Waals surface area contributed by atoms with Gasteiger partial charge in [-0.05, 0) is 50.9 Å². The van der Waals surface area contributed by atoms with Crippen molar-refractivity contribution in [2.24, 2.45) is 23.2 Å². The summed E-state index contributed by atoms with van der Waals surface area (Å²) in [6.45, 7) is 3.54. The molecule has 0 amide bonds. The molecule has 0 aromatic heterocycles. The molecule has 2 aliphatic rings. The summed E-state index contributed by atoms with van der Waals surface area (Å²) in [4.78, 5) is 12.5. The molecule has 114 valence electrons. The lowest BCUT2D eigenvalue weighted by Crippen LogP contribution is -2.58.